The molecule has 1 aliphatic carbocycles. The molecule has 6 heteroatoms. The molecule has 0 saturated heterocycles. The SMILES string of the molecule is O[C@H]1C=CC(n2cnc3c(Cl)ncnc32)C1. The fourth-order valence-corrected chi connectivity index (χ4v) is 2.11. The van der Waals surface area contributed by atoms with Crippen molar-refractivity contribution in [2.75, 3.05) is 0 Å². The maximum absolute atomic E-state index is 9.45. The summed E-state index contributed by atoms with van der Waals surface area (Å²) in [5.41, 5.74) is 1.29. The number of hydrogen-bond donors (Lipinski definition) is 1. The van der Waals surface area contributed by atoms with Crippen molar-refractivity contribution in [3.63, 3.8) is 0 Å². The van der Waals surface area contributed by atoms with Crippen LogP contribution in [0.2, 0.25) is 5.15 Å². The van der Waals surface area contributed by atoms with Crippen LogP contribution in [0.25, 0.3) is 11.2 Å². The van der Waals surface area contributed by atoms with Gasteiger partial charge in [0.25, 0.3) is 0 Å². The maximum atomic E-state index is 9.45. The number of imidazole rings is 1. The predicted molar refractivity (Wildman–Crippen MR) is 59.1 cm³/mol. The smallest absolute Gasteiger partial charge is 0.165 e. The second-order valence-electron chi connectivity index (χ2n) is 3.74. The molecule has 2 atom stereocenters. The molecule has 82 valence electrons. The first kappa shape index (κ1) is 9.74. The van der Waals surface area contributed by atoms with Crippen molar-refractivity contribution in [3.05, 3.63) is 30.0 Å². The number of fused-ring (bicyclic) bond motifs is 1. The van der Waals surface area contributed by atoms with Crippen LogP contribution in [0.4, 0.5) is 0 Å². The molecule has 2 aromatic heterocycles. The Labute approximate surface area is 96.4 Å². The standard InChI is InChI=1S/C10H9ClN4O/c11-9-8-10(13-4-12-9)15(5-14-8)6-1-2-7(16)3-6/h1-2,4-7,16H,3H2/t6?,7-/m0/s1. The second kappa shape index (κ2) is 3.54. The first-order chi connectivity index (χ1) is 7.75. The molecule has 0 radical (unpaired) electrons. The fourth-order valence-electron chi connectivity index (χ4n) is 1.93. The highest BCUT2D eigenvalue weighted by Gasteiger charge is 2.21. The van der Waals surface area contributed by atoms with E-state index in [1.54, 1.807) is 12.4 Å². The van der Waals surface area contributed by atoms with E-state index in [4.69, 9.17) is 11.6 Å². The van der Waals surface area contributed by atoms with E-state index in [-0.39, 0.29) is 12.1 Å². The minimum Gasteiger partial charge on any atom is -0.389 e. The van der Waals surface area contributed by atoms with Crippen LogP contribution in [0.1, 0.15) is 12.5 Å². The van der Waals surface area contributed by atoms with Crippen LogP contribution < -0.4 is 0 Å². The third kappa shape index (κ3) is 1.40. The van der Waals surface area contributed by atoms with E-state index in [0.29, 0.717) is 22.7 Å². The molecule has 0 fully saturated rings. The number of hydrogen-bond acceptors (Lipinski definition) is 4. The molecule has 0 aromatic carbocycles. The zero-order valence-electron chi connectivity index (χ0n) is 8.29. The van der Waals surface area contributed by atoms with Gasteiger partial charge >= 0.3 is 0 Å². The Kier molecular flexibility index (Phi) is 2.15. The number of aromatic nitrogens is 4. The molecule has 1 aliphatic rings. The highest BCUT2D eigenvalue weighted by molar-refractivity contribution is 6.33. The Morgan fingerprint density at radius 3 is 2.94 bits per heavy atom. The van der Waals surface area contributed by atoms with Crippen LogP contribution in [-0.4, -0.2) is 30.7 Å². The van der Waals surface area contributed by atoms with Crippen LogP contribution in [0, 0.1) is 0 Å². The lowest BCUT2D eigenvalue weighted by Crippen LogP contribution is -2.07. The summed E-state index contributed by atoms with van der Waals surface area (Å²) in [7, 11) is 0. The molecule has 1 unspecified atom stereocenters. The van der Waals surface area contributed by atoms with Gasteiger partial charge in [-0.05, 0) is 0 Å². The topological polar surface area (TPSA) is 63.8 Å². The molecular formula is C10H9ClN4O. The van der Waals surface area contributed by atoms with Gasteiger partial charge in [-0.2, -0.15) is 0 Å². The molecule has 0 bridgehead atoms. The zero-order valence-corrected chi connectivity index (χ0v) is 9.04. The van der Waals surface area contributed by atoms with E-state index >= 15 is 0 Å². The molecule has 2 aromatic rings. The minimum atomic E-state index is -0.389. The van der Waals surface area contributed by atoms with Gasteiger partial charge in [-0.1, -0.05) is 23.8 Å². The Morgan fingerprint density at radius 1 is 1.31 bits per heavy atom. The molecule has 5 nitrogen and oxygen atoms in total. The molecule has 0 amide bonds. The largest absolute Gasteiger partial charge is 0.389 e. The summed E-state index contributed by atoms with van der Waals surface area (Å²) in [6.07, 6.45) is 7.07. The summed E-state index contributed by atoms with van der Waals surface area (Å²) in [6, 6.07) is 0.0889. The molecule has 16 heavy (non-hydrogen) atoms. The van der Waals surface area contributed by atoms with E-state index in [1.165, 1.54) is 6.33 Å². The van der Waals surface area contributed by atoms with E-state index < -0.39 is 0 Å². The van der Waals surface area contributed by atoms with Gasteiger partial charge in [0.15, 0.2) is 10.8 Å². The molecule has 3 rings (SSSR count). The molecule has 0 aliphatic heterocycles. The van der Waals surface area contributed by atoms with E-state index in [2.05, 4.69) is 15.0 Å². The summed E-state index contributed by atoms with van der Waals surface area (Å²) in [5.74, 6) is 0. The molecule has 0 spiro atoms. The van der Waals surface area contributed by atoms with Crippen molar-refractivity contribution < 1.29 is 5.11 Å². The average molecular weight is 237 g/mol. The molecule has 1 N–H and O–H groups in total. The summed E-state index contributed by atoms with van der Waals surface area (Å²) in [5, 5.41) is 9.80. The zero-order chi connectivity index (χ0) is 11.1. The van der Waals surface area contributed by atoms with Gasteiger partial charge in [-0.15, -0.1) is 0 Å². The Bertz CT molecular complexity index is 565. The lowest BCUT2D eigenvalue weighted by Gasteiger charge is -2.10. The van der Waals surface area contributed by atoms with E-state index in [0.717, 1.165) is 0 Å². The summed E-state index contributed by atoms with van der Waals surface area (Å²) >= 11 is 5.91. The van der Waals surface area contributed by atoms with Gasteiger partial charge in [0, 0.05) is 6.42 Å². The van der Waals surface area contributed by atoms with Crippen LogP contribution in [-0.2, 0) is 0 Å². The molecule has 0 saturated carbocycles. The normalized spacial score (nSPS) is 24.4. The van der Waals surface area contributed by atoms with Crippen LogP contribution >= 0.6 is 11.6 Å². The Hall–Kier alpha value is -1.46. The van der Waals surface area contributed by atoms with Gasteiger partial charge < -0.3 is 9.67 Å². The van der Waals surface area contributed by atoms with Gasteiger partial charge in [0.05, 0.1) is 18.5 Å². The first-order valence-electron chi connectivity index (χ1n) is 4.95. The van der Waals surface area contributed by atoms with Gasteiger partial charge in [-0.3, -0.25) is 0 Å². The molecular weight excluding hydrogens is 228 g/mol. The quantitative estimate of drug-likeness (QED) is 0.600. The van der Waals surface area contributed by atoms with E-state index in [9.17, 15) is 5.11 Å². The predicted octanol–water partition coefficient (Wildman–Crippen LogP) is 1.34. The maximum Gasteiger partial charge on any atom is 0.165 e. The Morgan fingerprint density at radius 2 is 2.19 bits per heavy atom. The van der Waals surface area contributed by atoms with Crippen LogP contribution in [0.15, 0.2) is 24.8 Å². The summed E-state index contributed by atoms with van der Waals surface area (Å²) in [4.78, 5) is 12.2. The van der Waals surface area contributed by atoms with Crippen LogP contribution in [0.5, 0.6) is 0 Å². The number of aliphatic hydroxyl groups excluding tert-OH is 1. The number of allylic oxidation sites excluding steroid dienone is 1. The third-order valence-corrected chi connectivity index (χ3v) is 2.99. The highest BCUT2D eigenvalue weighted by Crippen LogP contribution is 2.27. The van der Waals surface area contributed by atoms with Crippen molar-refractivity contribution in [1.29, 1.82) is 0 Å². The van der Waals surface area contributed by atoms with Crippen LogP contribution in [0.3, 0.4) is 0 Å². The lowest BCUT2D eigenvalue weighted by atomic mass is 10.2. The van der Waals surface area contributed by atoms with Gasteiger partial charge in [-0.25, -0.2) is 15.0 Å². The second-order valence-corrected chi connectivity index (χ2v) is 4.10. The summed E-state index contributed by atoms with van der Waals surface area (Å²) in [6.45, 7) is 0. The third-order valence-electron chi connectivity index (χ3n) is 2.71. The van der Waals surface area contributed by atoms with Gasteiger partial charge in [0.1, 0.15) is 11.8 Å². The average Bonchev–Trinajstić information content (AvgIpc) is 2.84. The summed E-state index contributed by atoms with van der Waals surface area (Å²) < 4.78 is 1.90. The highest BCUT2D eigenvalue weighted by atomic mass is 35.5. The van der Waals surface area contributed by atoms with Crippen molar-refractivity contribution >= 4 is 22.8 Å². The van der Waals surface area contributed by atoms with Crippen molar-refractivity contribution in [2.45, 2.75) is 18.6 Å². The number of rotatable bonds is 1. The van der Waals surface area contributed by atoms with Crippen molar-refractivity contribution in [2.24, 2.45) is 0 Å². The number of halogens is 1. The number of nitrogens with zero attached hydrogens (tertiary/aromatic N) is 4. The van der Waals surface area contributed by atoms with Gasteiger partial charge in [0.2, 0.25) is 0 Å². The first-order valence-corrected chi connectivity index (χ1v) is 5.33. The monoisotopic (exact) mass is 236 g/mol. The molecule has 2 heterocycles. The van der Waals surface area contributed by atoms with Crippen molar-refractivity contribution in [1.82, 2.24) is 19.5 Å². The lowest BCUT2D eigenvalue weighted by molar-refractivity contribution is 0.211. The fraction of sp³-hybridized carbons (Fsp3) is 0.300. The van der Waals surface area contributed by atoms with Crippen molar-refractivity contribution in [3.8, 4) is 0 Å². The Balaban J connectivity index is 2.12. The number of aliphatic hydroxyl groups is 1. The van der Waals surface area contributed by atoms with E-state index in [1.807, 2.05) is 10.6 Å². The minimum absolute atomic E-state index is 0.0889.